The lowest BCUT2D eigenvalue weighted by atomic mass is 9.88. The molecule has 0 bridgehead atoms. The lowest BCUT2D eigenvalue weighted by Crippen LogP contribution is -2.18. The van der Waals surface area contributed by atoms with Crippen molar-refractivity contribution in [3.63, 3.8) is 0 Å². The van der Waals surface area contributed by atoms with E-state index in [2.05, 4.69) is 24.1 Å². The molecule has 0 aromatic carbocycles. The summed E-state index contributed by atoms with van der Waals surface area (Å²) >= 11 is 1.47. The summed E-state index contributed by atoms with van der Waals surface area (Å²) in [5, 5.41) is 5.46. The summed E-state index contributed by atoms with van der Waals surface area (Å²) in [5.74, 6) is 1.15. The number of nitrogens with two attached hydrogens (primary N) is 1. The zero-order valence-electron chi connectivity index (χ0n) is 11.4. The van der Waals surface area contributed by atoms with Crippen LogP contribution in [0.1, 0.15) is 38.8 Å². The Morgan fingerprint density at radius 1 is 1.50 bits per heavy atom. The minimum atomic E-state index is 0.0482. The highest BCUT2D eigenvalue weighted by Gasteiger charge is 2.14. The van der Waals surface area contributed by atoms with E-state index in [4.69, 9.17) is 5.73 Å². The minimum Gasteiger partial charge on any atom is -0.330 e. The smallest absolute Gasteiger partial charge is 0.226 e. The molecule has 1 aromatic heterocycles. The van der Waals surface area contributed by atoms with E-state index in [-0.39, 0.29) is 5.91 Å². The fourth-order valence-corrected chi connectivity index (χ4v) is 2.64. The Morgan fingerprint density at radius 2 is 2.22 bits per heavy atom. The average molecular weight is 269 g/mol. The first-order chi connectivity index (χ1) is 8.52. The van der Waals surface area contributed by atoms with Crippen molar-refractivity contribution in [1.82, 2.24) is 4.98 Å². The maximum Gasteiger partial charge on any atom is 0.226 e. The molecule has 0 aliphatic heterocycles. The van der Waals surface area contributed by atoms with Gasteiger partial charge in [0.25, 0.3) is 0 Å². The molecule has 1 unspecified atom stereocenters. The molecule has 0 aliphatic rings. The van der Waals surface area contributed by atoms with Gasteiger partial charge in [0.2, 0.25) is 5.91 Å². The standard InChI is InChI=1S/C13H23N3OS/c1-9(2)11(6-7-14)4-5-12(17)16-13-15-10(3)8-18-13/h8-9,11H,4-7,14H2,1-3H3,(H,15,16,17). The summed E-state index contributed by atoms with van der Waals surface area (Å²) in [4.78, 5) is 16.0. The van der Waals surface area contributed by atoms with Crippen molar-refractivity contribution < 1.29 is 4.79 Å². The van der Waals surface area contributed by atoms with Gasteiger partial charge >= 0.3 is 0 Å². The molecule has 1 amide bonds. The Kier molecular flexibility index (Phi) is 6.29. The van der Waals surface area contributed by atoms with E-state index in [1.165, 1.54) is 11.3 Å². The van der Waals surface area contributed by atoms with E-state index < -0.39 is 0 Å². The maximum atomic E-state index is 11.8. The predicted molar refractivity (Wildman–Crippen MR) is 76.7 cm³/mol. The van der Waals surface area contributed by atoms with Crippen molar-refractivity contribution in [1.29, 1.82) is 0 Å². The first-order valence-corrected chi connectivity index (χ1v) is 7.33. The molecule has 102 valence electrons. The molecule has 0 saturated carbocycles. The Bertz CT molecular complexity index is 376. The van der Waals surface area contributed by atoms with Gasteiger partial charge in [0, 0.05) is 11.8 Å². The van der Waals surface area contributed by atoms with Gasteiger partial charge in [-0.1, -0.05) is 13.8 Å². The number of carbonyl (C=O) groups excluding carboxylic acids is 1. The number of nitrogens with zero attached hydrogens (tertiary/aromatic N) is 1. The van der Waals surface area contributed by atoms with Crippen LogP contribution in [0.2, 0.25) is 0 Å². The lowest BCUT2D eigenvalue weighted by molar-refractivity contribution is -0.116. The second-order valence-corrected chi connectivity index (χ2v) is 5.82. The molecule has 18 heavy (non-hydrogen) atoms. The lowest BCUT2D eigenvalue weighted by Gasteiger charge is -2.19. The van der Waals surface area contributed by atoms with E-state index in [9.17, 15) is 4.79 Å². The molecule has 0 radical (unpaired) electrons. The first-order valence-electron chi connectivity index (χ1n) is 6.45. The zero-order valence-corrected chi connectivity index (χ0v) is 12.2. The number of carbonyl (C=O) groups is 1. The van der Waals surface area contributed by atoms with Gasteiger partial charge in [-0.3, -0.25) is 4.79 Å². The van der Waals surface area contributed by atoms with Crippen molar-refractivity contribution in [2.75, 3.05) is 11.9 Å². The summed E-state index contributed by atoms with van der Waals surface area (Å²) in [5.41, 5.74) is 6.53. The first kappa shape index (κ1) is 15.1. The fourth-order valence-electron chi connectivity index (χ4n) is 1.93. The number of rotatable bonds is 7. The molecule has 1 aromatic rings. The van der Waals surface area contributed by atoms with E-state index >= 15 is 0 Å². The highest BCUT2D eigenvalue weighted by Crippen LogP contribution is 2.21. The normalized spacial score (nSPS) is 12.7. The summed E-state index contributed by atoms with van der Waals surface area (Å²) in [7, 11) is 0. The molecule has 0 aliphatic carbocycles. The average Bonchev–Trinajstić information content (AvgIpc) is 2.69. The minimum absolute atomic E-state index is 0.0482. The number of aromatic nitrogens is 1. The van der Waals surface area contributed by atoms with Crippen LogP contribution >= 0.6 is 11.3 Å². The molecule has 1 heterocycles. The van der Waals surface area contributed by atoms with Crippen LogP contribution in [0.15, 0.2) is 5.38 Å². The monoisotopic (exact) mass is 269 g/mol. The fraction of sp³-hybridized carbons (Fsp3) is 0.692. The number of aryl methyl sites for hydroxylation is 1. The largest absolute Gasteiger partial charge is 0.330 e. The van der Waals surface area contributed by atoms with Gasteiger partial charge in [-0.25, -0.2) is 4.98 Å². The molecule has 3 N–H and O–H groups in total. The van der Waals surface area contributed by atoms with Crippen molar-refractivity contribution in [3.8, 4) is 0 Å². The van der Waals surface area contributed by atoms with Crippen LogP contribution < -0.4 is 11.1 Å². The van der Waals surface area contributed by atoms with Gasteiger partial charge < -0.3 is 11.1 Å². The van der Waals surface area contributed by atoms with Gasteiger partial charge in [-0.2, -0.15) is 0 Å². The molecular weight excluding hydrogens is 246 g/mol. The molecule has 1 rings (SSSR count). The summed E-state index contributed by atoms with van der Waals surface area (Å²) in [6, 6.07) is 0. The van der Waals surface area contributed by atoms with Crippen molar-refractivity contribution in [3.05, 3.63) is 11.1 Å². The highest BCUT2D eigenvalue weighted by atomic mass is 32.1. The van der Waals surface area contributed by atoms with Gasteiger partial charge in [0.1, 0.15) is 0 Å². The zero-order chi connectivity index (χ0) is 13.5. The molecule has 5 heteroatoms. The number of hydrogen-bond donors (Lipinski definition) is 2. The number of hydrogen-bond acceptors (Lipinski definition) is 4. The van der Waals surface area contributed by atoms with Crippen LogP contribution in [-0.2, 0) is 4.79 Å². The Hall–Kier alpha value is -0.940. The van der Waals surface area contributed by atoms with Crippen molar-refractivity contribution in [2.45, 2.75) is 40.0 Å². The molecule has 4 nitrogen and oxygen atoms in total. The topological polar surface area (TPSA) is 68.0 Å². The van der Waals surface area contributed by atoms with Crippen LogP contribution in [0.3, 0.4) is 0 Å². The number of anilines is 1. The number of thiazole rings is 1. The van der Waals surface area contributed by atoms with Gasteiger partial charge in [0.05, 0.1) is 5.69 Å². The SMILES string of the molecule is Cc1csc(NC(=O)CCC(CCN)C(C)C)n1. The molecule has 0 fully saturated rings. The third-order valence-electron chi connectivity index (χ3n) is 3.09. The van der Waals surface area contributed by atoms with E-state index in [1.54, 1.807) is 0 Å². The van der Waals surface area contributed by atoms with Crippen LogP contribution in [-0.4, -0.2) is 17.4 Å². The molecule has 0 spiro atoms. The Labute approximate surface area is 113 Å². The van der Waals surface area contributed by atoms with E-state index in [0.29, 0.717) is 29.9 Å². The highest BCUT2D eigenvalue weighted by molar-refractivity contribution is 7.13. The maximum absolute atomic E-state index is 11.8. The Balaban J connectivity index is 2.35. The van der Waals surface area contributed by atoms with Crippen LogP contribution in [0.4, 0.5) is 5.13 Å². The number of amides is 1. The van der Waals surface area contributed by atoms with Crippen LogP contribution in [0.5, 0.6) is 0 Å². The second-order valence-electron chi connectivity index (χ2n) is 4.96. The van der Waals surface area contributed by atoms with Gasteiger partial charge in [0.15, 0.2) is 5.13 Å². The Morgan fingerprint density at radius 3 is 2.72 bits per heavy atom. The van der Waals surface area contributed by atoms with Crippen molar-refractivity contribution in [2.24, 2.45) is 17.6 Å². The van der Waals surface area contributed by atoms with E-state index in [1.807, 2.05) is 12.3 Å². The summed E-state index contributed by atoms with van der Waals surface area (Å²) < 4.78 is 0. The molecule has 1 atom stereocenters. The van der Waals surface area contributed by atoms with Crippen molar-refractivity contribution >= 4 is 22.4 Å². The van der Waals surface area contributed by atoms with E-state index in [0.717, 1.165) is 18.5 Å². The molecular formula is C13H23N3OS. The third-order valence-corrected chi connectivity index (χ3v) is 3.96. The van der Waals surface area contributed by atoms with Gasteiger partial charge in [-0.15, -0.1) is 11.3 Å². The second kappa shape index (κ2) is 7.48. The van der Waals surface area contributed by atoms with Gasteiger partial charge in [-0.05, 0) is 38.1 Å². The third kappa shape index (κ3) is 5.14. The predicted octanol–water partition coefficient (Wildman–Crippen LogP) is 2.79. The van der Waals surface area contributed by atoms with Crippen LogP contribution in [0, 0.1) is 18.8 Å². The quantitative estimate of drug-likeness (QED) is 0.799. The molecule has 0 saturated heterocycles. The van der Waals surface area contributed by atoms with Crippen LogP contribution in [0.25, 0.3) is 0 Å². The summed E-state index contributed by atoms with van der Waals surface area (Å²) in [6.45, 7) is 6.98. The summed E-state index contributed by atoms with van der Waals surface area (Å²) in [6.07, 6.45) is 2.42. The number of nitrogens with one attached hydrogen (secondary N) is 1.